The van der Waals surface area contributed by atoms with E-state index in [1.807, 2.05) is 6.92 Å². The molecule has 0 amide bonds. The molecule has 1 unspecified atom stereocenters. The first-order valence-corrected chi connectivity index (χ1v) is 3.04. The van der Waals surface area contributed by atoms with Crippen LogP contribution < -0.4 is 0 Å². The summed E-state index contributed by atoms with van der Waals surface area (Å²) in [6.07, 6.45) is 2.28. The third kappa shape index (κ3) is 0.996. The third-order valence-electron chi connectivity index (χ3n) is 1.73. The van der Waals surface area contributed by atoms with Gasteiger partial charge in [0.2, 0.25) is 0 Å². The first kappa shape index (κ1) is 6.02. The number of hydrogen-bond donors (Lipinski definition) is 0. The topological polar surface area (TPSA) is 3.24 Å². The lowest BCUT2D eigenvalue weighted by Gasteiger charge is -2.13. The van der Waals surface area contributed by atoms with Crippen LogP contribution in [0.25, 0.3) is 0 Å². The van der Waals surface area contributed by atoms with Crippen molar-refractivity contribution in [1.29, 1.82) is 0 Å². The molecule has 0 spiro atoms. The average molecular weight is 116 g/mol. The van der Waals surface area contributed by atoms with Crippen LogP contribution in [0.2, 0.25) is 0 Å². The van der Waals surface area contributed by atoms with E-state index in [1.165, 1.54) is 0 Å². The summed E-state index contributed by atoms with van der Waals surface area (Å²) in [5.74, 6) is 0. The van der Waals surface area contributed by atoms with Crippen LogP contribution in [0, 0.1) is 6.80 Å². The molecule has 8 heavy (non-hydrogen) atoms. The molecule has 1 atom stereocenters. The van der Waals surface area contributed by atoms with E-state index < -0.39 is 0 Å². The van der Waals surface area contributed by atoms with E-state index in [0.717, 1.165) is 19.4 Å². The summed E-state index contributed by atoms with van der Waals surface area (Å²) in [6.45, 7) is 3.64. The van der Waals surface area contributed by atoms with Gasteiger partial charge in [-0.3, -0.25) is 4.90 Å². The van der Waals surface area contributed by atoms with Crippen LogP contribution in [0.15, 0.2) is 0 Å². The van der Waals surface area contributed by atoms with Crippen molar-refractivity contribution < 1.29 is 4.39 Å². The Bertz CT molecular complexity index is 74.9. The van der Waals surface area contributed by atoms with Crippen molar-refractivity contribution in [2.45, 2.75) is 25.8 Å². The number of hydrogen-bond acceptors (Lipinski definition) is 1. The van der Waals surface area contributed by atoms with E-state index >= 15 is 0 Å². The summed E-state index contributed by atoms with van der Waals surface area (Å²) in [4.78, 5) is 1.74. The Morgan fingerprint density at radius 3 is 2.75 bits per heavy atom. The summed E-state index contributed by atoms with van der Waals surface area (Å²) in [5.41, 5.74) is 0. The molecule has 0 bridgehead atoms. The molecule has 0 aromatic heterocycles. The van der Waals surface area contributed by atoms with Gasteiger partial charge in [-0.1, -0.05) is 0 Å². The predicted octanol–water partition coefficient (Wildman–Crippen LogP) is 1.56. The highest BCUT2D eigenvalue weighted by atomic mass is 19.1. The fraction of sp³-hybridized carbons (Fsp3) is 0.833. The van der Waals surface area contributed by atoms with Crippen molar-refractivity contribution in [2.75, 3.05) is 6.54 Å². The number of rotatable bonds is 1. The first-order valence-electron chi connectivity index (χ1n) is 3.04. The smallest absolute Gasteiger partial charge is 0.199 e. The minimum absolute atomic E-state index is 0.431. The van der Waals surface area contributed by atoms with Crippen molar-refractivity contribution in [1.82, 2.24) is 4.90 Å². The molecule has 1 nitrogen and oxygen atoms in total. The van der Waals surface area contributed by atoms with Crippen LogP contribution >= 0.6 is 0 Å². The molecule has 1 rings (SSSR count). The van der Waals surface area contributed by atoms with Gasteiger partial charge < -0.3 is 0 Å². The number of halogens is 1. The Hall–Kier alpha value is -0.110. The highest BCUT2D eigenvalue weighted by Crippen LogP contribution is 2.17. The summed E-state index contributed by atoms with van der Waals surface area (Å²) in [7, 11) is 0. The molecule has 0 N–H and O–H groups in total. The molecule has 2 heteroatoms. The van der Waals surface area contributed by atoms with Crippen LogP contribution in [0.1, 0.15) is 19.8 Å². The van der Waals surface area contributed by atoms with Crippen LogP contribution in [0.3, 0.4) is 0 Å². The lowest BCUT2D eigenvalue weighted by molar-refractivity contribution is 0.252. The van der Waals surface area contributed by atoms with Crippen LogP contribution in [-0.4, -0.2) is 17.5 Å². The van der Waals surface area contributed by atoms with Gasteiger partial charge in [-0.05, 0) is 19.8 Å². The Kier molecular flexibility index (Phi) is 1.84. The zero-order chi connectivity index (χ0) is 5.98. The van der Waals surface area contributed by atoms with Crippen LogP contribution in [0.5, 0.6) is 0 Å². The summed E-state index contributed by atoms with van der Waals surface area (Å²) >= 11 is 0. The molecule has 0 saturated carbocycles. The molecule has 1 radical (unpaired) electrons. The van der Waals surface area contributed by atoms with Crippen molar-refractivity contribution in [3.8, 4) is 0 Å². The molecular formula is C6H11FN. The standard InChI is InChI=1S/C6H11FN/c1-6-3-2-4-8(6)5-7/h5-6H,2-4H2,1H3. The van der Waals surface area contributed by atoms with Crippen LogP contribution in [-0.2, 0) is 0 Å². The zero-order valence-corrected chi connectivity index (χ0v) is 5.10. The molecule has 1 aliphatic heterocycles. The van der Waals surface area contributed by atoms with Gasteiger partial charge in [0.25, 0.3) is 0 Å². The fourth-order valence-corrected chi connectivity index (χ4v) is 1.10. The van der Waals surface area contributed by atoms with E-state index in [-0.39, 0.29) is 0 Å². The third-order valence-corrected chi connectivity index (χ3v) is 1.73. The van der Waals surface area contributed by atoms with E-state index in [0.29, 0.717) is 12.8 Å². The van der Waals surface area contributed by atoms with E-state index in [4.69, 9.17) is 0 Å². The Morgan fingerprint density at radius 1 is 1.75 bits per heavy atom. The summed E-state index contributed by atoms with van der Waals surface area (Å²) in [6, 6.07) is 0.431. The fourth-order valence-electron chi connectivity index (χ4n) is 1.10. The van der Waals surface area contributed by atoms with Crippen molar-refractivity contribution in [3.05, 3.63) is 6.80 Å². The minimum atomic E-state index is 0.431. The second kappa shape index (κ2) is 2.44. The predicted molar refractivity (Wildman–Crippen MR) is 30.8 cm³/mol. The normalized spacial score (nSPS) is 31.5. The molecule has 1 saturated heterocycles. The monoisotopic (exact) mass is 116 g/mol. The zero-order valence-electron chi connectivity index (χ0n) is 5.10. The highest BCUT2D eigenvalue weighted by molar-refractivity contribution is 4.75. The van der Waals surface area contributed by atoms with Gasteiger partial charge in [-0.15, -0.1) is 0 Å². The molecule has 0 aromatic rings. The maximum absolute atomic E-state index is 11.7. The lowest BCUT2D eigenvalue weighted by Crippen LogP contribution is -2.21. The van der Waals surface area contributed by atoms with Gasteiger partial charge in [-0.2, -0.15) is 0 Å². The Labute approximate surface area is 49.5 Å². The molecule has 0 aromatic carbocycles. The molecule has 1 heterocycles. The average Bonchev–Trinajstić information content (AvgIpc) is 2.14. The van der Waals surface area contributed by atoms with Gasteiger partial charge in [0.15, 0.2) is 6.80 Å². The summed E-state index contributed by atoms with van der Waals surface area (Å²) < 4.78 is 11.7. The van der Waals surface area contributed by atoms with Crippen molar-refractivity contribution in [3.63, 3.8) is 0 Å². The molecular weight excluding hydrogens is 105 g/mol. The largest absolute Gasteiger partial charge is 0.268 e. The van der Waals surface area contributed by atoms with Crippen LogP contribution in [0.4, 0.5) is 4.39 Å². The van der Waals surface area contributed by atoms with Crippen molar-refractivity contribution >= 4 is 0 Å². The van der Waals surface area contributed by atoms with Gasteiger partial charge in [0.05, 0.1) is 0 Å². The minimum Gasteiger partial charge on any atom is -0.268 e. The van der Waals surface area contributed by atoms with Crippen molar-refractivity contribution in [2.24, 2.45) is 0 Å². The Morgan fingerprint density at radius 2 is 2.50 bits per heavy atom. The second-order valence-corrected chi connectivity index (χ2v) is 2.33. The van der Waals surface area contributed by atoms with Gasteiger partial charge in [0, 0.05) is 12.6 Å². The maximum Gasteiger partial charge on any atom is 0.199 e. The molecule has 47 valence electrons. The SMILES string of the molecule is CC1CCCN1[CH]F. The molecule has 1 fully saturated rings. The second-order valence-electron chi connectivity index (χ2n) is 2.33. The molecule has 1 aliphatic rings. The van der Waals surface area contributed by atoms with Gasteiger partial charge in [-0.25, -0.2) is 4.39 Å². The van der Waals surface area contributed by atoms with E-state index in [1.54, 1.807) is 4.90 Å². The lowest BCUT2D eigenvalue weighted by atomic mass is 10.2. The quantitative estimate of drug-likeness (QED) is 0.470. The molecule has 0 aliphatic carbocycles. The summed E-state index contributed by atoms with van der Waals surface area (Å²) in [5, 5.41) is 0. The first-order chi connectivity index (χ1) is 3.84. The van der Waals surface area contributed by atoms with E-state index in [9.17, 15) is 4.39 Å². The Balaban J connectivity index is 2.30. The highest BCUT2D eigenvalue weighted by Gasteiger charge is 2.19. The number of likely N-dealkylation sites (tertiary alicyclic amines) is 1. The van der Waals surface area contributed by atoms with E-state index in [2.05, 4.69) is 0 Å². The maximum atomic E-state index is 11.7. The van der Waals surface area contributed by atoms with Gasteiger partial charge >= 0.3 is 0 Å². The number of nitrogens with zero attached hydrogens (tertiary/aromatic N) is 1. The van der Waals surface area contributed by atoms with Gasteiger partial charge in [0.1, 0.15) is 0 Å².